The normalized spacial score (nSPS) is 20.2. The number of aliphatic carboxylic acids is 1. The number of hydrogen-bond acceptors (Lipinski definition) is 6. The summed E-state index contributed by atoms with van der Waals surface area (Å²) in [5.41, 5.74) is 3.29. The molecule has 0 aliphatic carbocycles. The van der Waals surface area contributed by atoms with Crippen LogP contribution in [0.1, 0.15) is 45.6 Å². The largest absolute Gasteiger partial charge is 0.478 e. The van der Waals surface area contributed by atoms with Gasteiger partial charge in [-0.3, -0.25) is 0 Å². The van der Waals surface area contributed by atoms with Crippen molar-refractivity contribution < 1.29 is 15.0 Å². The van der Waals surface area contributed by atoms with E-state index in [2.05, 4.69) is 43.0 Å². The topological polar surface area (TPSA) is 94.7 Å². The lowest BCUT2D eigenvalue weighted by molar-refractivity contribution is -0.161. The quantitative estimate of drug-likeness (QED) is 0.571. The van der Waals surface area contributed by atoms with E-state index < -0.39 is 18.4 Å². The average Bonchev–Trinajstić information content (AvgIpc) is 3.29. The number of carbonyl (C=O) groups is 1. The molecule has 0 amide bonds. The summed E-state index contributed by atoms with van der Waals surface area (Å²) in [6.07, 6.45) is 1.61. The first-order valence-corrected chi connectivity index (χ1v) is 12.0. The van der Waals surface area contributed by atoms with Gasteiger partial charge in [0.2, 0.25) is 6.23 Å². The Hall–Kier alpha value is -3.65. The lowest BCUT2D eigenvalue weighted by Crippen LogP contribution is -2.51. The van der Waals surface area contributed by atoms with Crippen LogP contribution in [0.5, 0.6) is 0 Å². The van der Waals surface area contributed by atoms with E-state index in [9.17, 15) is 15.0 Å². The number of aliphatic hydroxyl groups is 1. The van der Waals surface area contributed by atoms with E-state index in [0.717, 1.165) is 42.6 Å². The van der Waals surface area contributed by atoms with E-state index >= 15 is 0 Å². The maximum Gasteiger partial charge on any atom is 0.354 e. The molecule has 0 bridgehead atoms. The average molecular weight is 474 g/mol. The van der Waals surface area contributed by atoms with Gasteiger partial charge in [-0.05, 0) is 42.4 Å². The molecule has 2 aliphatic rings. The SMILES string of the molecule is CC1N(C(O)C(=O)O)C(N2CCC(C)(C)CC2)=Cc2nc(-c3cccc(-c4ccccc4)c3)nn21. The number of carboxylic acids is 1. The second-order valence-corrected chi connectivity index (χ2v) is 10.1. The molecule has 5 rings (SSSR count). The minimum absolute atomic E-state index is 0.241. The minimum atomic E-state index is -1.69. The second kappa shape index (κ2) is 8.85. The maximum atomic E-state index is 11.8. The molecule has 2 N–H and O–H groups in total. The molecule has 2 aliphatic heterocycles. The molecular formula is C27H31N5O3. The van der Waals surface area contributed by atoms with Crippen molar-refractivity contribution in [1.29, 1.82) is 0 Å². The molecule has 3 aromatic rings. The van der Waals surface area contributed by atoms with E-state index in [1.807, 2.05) is 43.3 Å². The van der Waals surface area contributed by atoms with Crippen LogP contribution in [-0.4, -0.2) is 60.1 Å². The summed E-state index contributed by atoms with van der Waals surface area (Å²) in [7, 11) is 0. The van der Waals surface area contributed by atoms with Crippen molar-refractivity contribution >= 4 is 12.0 Å². The maximum absolute atomic E-state index is 11.8. The highest BCUT2D eigenvalue weighted by molar-refractivity contribution is 5.73. The molecule has 1 aromatic heterocycles. The molecule has 0 radical (unpaired) electrons. The van der Waals surface area contributed by atoms with Crippen LogP contribution in [0.4, 0.5) is 0 Å². The predicted octanol–water partition coefficient (Wildman–Crippen LogP) is 4.27. The minimum Gasteiger partial charge on any atom is -0.478 e. The van der Waals surface area contributed by atoms with E-state index in [0.29, 0.717) is 17.5 Å². The summed E-state index contributed by atoms with van der Waals surface area (Å²) in [4.78, 5) is 20.3. The van der Waals surface area contributed by atoms with Gasteiger partial charge in [-0.15, -0.1) is 5.10 Å². The first-order chi connectivity index (χ1) is 16.7. The van der Waals surface area contributed by atoms with Crippen molar-refractivity contribution in [3.63, 3.8) is 0 Å². The highest BCUT2D eigenvalue weighted by Gasteiger charge is 2.39. The Morgan fingerprint density at radius 3 is 2.37 bits per heavy atom. The van der Waals surface area contributed by atoms with Crippen molar-refractivity contribution in [3.8, 4) is 22.5 Å². The van der Waals surface area contributed by atoms with Gasteiger partial charge >= 0.3 is 5.97 Å². The Kier molecular flexibility index (Phi) is 5.84. The number of piperidine rings is 1. The molecule has 0 spiro atoms. The van der Waals surface area contributed by atoms with Gasteiger partial charge in [0.15, 0.2) is 11.6 Å². The lowest BCUT2D eigenvalue weighted by Gasteiger charge is -2.46. The molecule has 2 aromatic carbocycles. The zero-order chi connectivity index (χ0) is 24.7. The van der Waals surface area contributed by atoms with Crippen LogP contribution in [0.2, 0.25) is 0 Å². The molecule has 8 nitrogen and oxygen atoms in total. The van der Waals surface area contributed by atoms with Crippen molar-refractivity contribution in [2.24, 2.45) is 5.41 Å². The summed E-state index contributed by atoms with van der Waals surface area (Å²) in [5.74, 6) is 0.588. The lowest BCUT2D eigenvalue weighted by atomic mass is 9.82. The van der Waals surface area contributed by atoms with Crippen molar-refractivity contribution in [2.75, 3.05) is 13.1 Å². The van der Waals surface area contributed by atoms with Gasteiger partial charge < -0.3 is 20.0 Å². The Morgan fingerprint density at radius 1 is 1.03 bits per heavy atom. The molecule has 0 saturated carbocycles. The number of benzene rings is 2. The van der Waals surface area contributed by atoms with Crippen LogP contribution in [0, 0.1) is 5.41 Å². The van der Waals surface area contributed by atoms with Crippen molar-refractivity contribution in [2.45, 2.75) is 46.0 Å². The number of fused-ring (bicyclic) bond motifs is 1. The first-order valence-electron chi connectivity index (χ1n) is 12.0. The van der Waals surface area contributed by atoms with Gasteiger partial charge in [-0.25, -0.2) is 14.5 Å². The van der Waals surface area contributed by atoms with Crippen molar-refractivity contribution in [1.82, 2.24) is 24.6 Å². The zero-order valence-corrected chi connectivity index (χ0v) is 20.3. The molecule has 1 saturated heterocycles. The standard InChI is InChI=1S/C27H31N5O3/c1-18-31(25(33)26(34)35)23(30-14-12-27(2,3)13-15-30)17-22-28-24(29-32(18)22)21-11-7-10-20(16-21)19-8-5-4-6-9-19/h4-11,16-18,25,33H,12-15H2,1-3H3,(H,34,35). The van der Waals surface area contributed by atoms with Gasteiger partial charge in [-0.1, -0.05) is 62.4 Å². The molecule has 35 heavy (non-hydrogen) atoms. The second-order valence-electron chi connectivity index (χ2n) is 10.1. The van der Waals surface area contributed by atoms with E-state index in [-0.39, 0.29) is 5.41 Å². The third-order valence-corrected chi connectivity index (χ3v) is 7.09. The first kappa shape index (κ1) is 23.1. The van der Waals surface area contributed by atoms with Crippen LogP contribution < -0.4 is 0 Å². The highest BCUT2D eigenvalue weighted by Crippen LogP contribution is 2.37. The predicted molar refractivity (Wildman–Crippen MR) is 134 cm³/mol. The summed E-state index contributed by atoms with van der Waals surface area (Å²) >= 11 is 0. The molecule has 2 atom stereocenters. The van der Waals surface area contributed by atoms with Crippen LogP contribution in [-0.2, 0) is 4.79 Å². The molecule has 8 heteroatoms. The summed E-state index contributed by atoms with van der Waals surface area (Å²) in [6.45, 7) is 7.91. The summed E-state index contributed by atoms with van der Waals surface area (Å²) in [6, 6.07) is 18.2. The number of aliphatic hydroxyl groups excluding tert-OH is 1. The van der Waals surface area contributed by atoms with Gasteiger partial charge in [0.1, 0.15) is 12.0 Å². The monoisotopic (exact) mass is 473 g/mol. The van der Waals surface area contributed by atoms with E-state index in [4.69, 9.17) is 10.1 Å². The number of hydrogen-bond donors (Lipinski definition) is 2. The van der Waals surface area contributed by atoms with Gasteiger partial charge in [0.25, 0.3) is 0 Å². The fourth-order valence-corrected chi connectivity index (χ4v) is 4.84. The fourth-order valence-electron chi connectivity index (χ4n) is 4.84. The molecule has 2 unspecified atom stereocenters. The third kappa shape index (κ3) is 4.41. The highest BCUT2D eigenvalue weighted by atomic mass is 16.4. The Balaban J connectivity index is 1.53. The Bertz CT molecular complexity index is 1260. The summed E-state index contributed by atoms with van der Waals surface area (Å²) in [5, 5.41) is 25.0. The van der Waals surface area contributed by atoms with Crippen LogP contribution in [0.3, 0.4) is 0 Å². The number of nitrogens with zero attached hydrogens (tertiary/aromatic N) is 5. The van der Waals surface area contributed by atoms with Gasteiger partial charge in [0.05, 0.1) is 0 Å². The summed E-state index contributed by atoms with van der Waals surface area (Å²) < 4.78 is 1.69. The number of likely N-dealkylation sites (tertiary alicyclic amines) is 1. The Labute approximate surface area is 205 Å². The molecule has 3 heterocycles. The Morgan fingerprint density at radius 2 is 1.69 bits per heavy atom. The van der Waals surface area contributed by atoms with Gasteiger partial charge in [0, 0.05) is 24.7 Å². The zero-order valence-electron chi connectivity index (χ0n) is 20.3. The molecule has 182 valence electrons. The fraction of sp³-hybridized carbons (Fsp3) is 0.370. The van der Waals surface area contributed by atoms with Crippen LogP contribution >= 0.6 is 0 Å². The third-order valence-electron chi connectivity index (χ3n) is 7.09. The molecule has 1 fully saturated rings. The van der Waals surface area contributed by atoms with E-state index in [1.54, 1.807) is 4.68 Å². The van der Waals surface area contributed by atoms with Crippen molar-refractivity contribution in [3.05, 3.63) is 66.2 Å². The van der Waals surface area contributed by atoms with Crippen LogP contribution in [0.25, 0.3) is 28.6 Å². The molecular weight excluding hydrogens is 442 g/mol. The number of carboxylic acid groups (broad SMARTS) is 1. The van der Waals surface area contributed by atoms with Gasteiger partial charge in [-0.2, -0.15) is 0 Å². The van der Waals surface area contributed by atoms with Crippen LogP contribution in [0.15, 0.2) is 60.4 Å². The number of aromatic nitrogens is 3. The van der Waals surface area contributed by atoms with E-state index in [1.165, 1.54) is 4.90 Å². The smallest absolute Gasteiger partial charge is 0.354 e. The number of rotatable bonds is 5.